The van der Waals surface area contributed by atoms with E-state index in [0.29, 0.717) is 6.04 Å². The summed E-state index contributed by atoms with van der Waals surface area (Å²) in [6.07, 6.45) is 58.8. The number of alkyl halides is 1. The largest absolute Gasteiger partial charge is 0.497 e. The van der Waals surface area contributed by atoms with Crippen molar-refractivity contribution in [2.75, 3.05) is 49.4 Å². The van der Waals surface area contributed by atoms with Crippen LogP contribution < -0.4 is 20.7 Å². The zero-order valence-electron chi connectivity index (χ0n) is 61.1. The summed E-state index contributed by atoms with van der Waals surface area (Å²) in [5.41, 5.74) is 5.77. The summed E-state index contributed by atoms with van der Waals surface area (Å²) in [5, 5.41) is 5.00. The van der Waals surface area contributed by atoms with E-state index in [2.05, 4.69) is 179 Å². The summed E-state index contributed by atoms with van der Waals surface area (Å²) >= 11 is 3.54. The van der Waals surface area contributed by atoms with Gasteiger partial charge in [-0.3, -0.25) is 0 Å². The smallest absolute Gasteiger partial charge is 0.118 e. The molecule has 0 radical (unpaired) electrons. The second kappa shape index (κ2) is 52.6. The average Bonchev–Trinajstić information content (AvgIpc) is 1.55. The number of hydrogen-bond donors (Lipinski definition) is 0. The topological polar surface area (TPSA) is 19.0 Å². The second-order valence-electron chi connectivity index (χ2n) is 30.2. The van der Waals surface area contributed by atoms with Crippen molar-refractivity contribution in [3.05, 3.63) is 84.9 Å². The van der Waals surface area contributed by atoms with E-state index in [0.717, 1.165) is 74.4 Å². The van der Waals surface area contributed by atoms with Crippen LogP contribution in [0.4, 0.5) is 0 Å². The zero-order valence-corrected chi connectivity index (χ0v) is 70.9. The van der Waals surface area contributed by atoms with E-state index in [-0.39, 0.29) is 109 Å². The molecule has 0 saturated heterocycles. The van der Waals surface area contributed by atoms with Crippen molar-refractivity contribution in [3.63, 3.8) is 0 Å². The van der Waals surface area contributed by atoms with Crippen molar-refractivity contribution < 1.29 is 90.1 Å². The molecule has 10 aliphatic rings. The molecule has 0 heterocycles. The minimum absolute atomic E-state index is 0. The van der Waals surface area contributed by atoms with Crippen LogP contribution >= 0.6 is 39.7 Å². The maximum Gasteiger partial charge on any atom is 0.118 e. The van der Waals surface area contributed by atoms with Gasteiger partial charge in [0.05, 0.1) is 7.11 Å². The molecule has 13 heteroatoms. The van der Waals surface area contributed by atoms with Gasteiger partial charge in [-0.05, 0) is 233 Å². The molecule has 0 amide bonds. The third-order valence-electron chi connectivity index (χ3n) is 23.6. The van der Waals surface area contributed by atoms with Crippen molar-refractivity contribution in [1.29, 1.82) is 0 Å². The molecule has 0 aromatic heterocycles. The van der Waals surface area contributed by atoms with Crippen molar-refractivity contribution in [1.82, 2.24) is 14.7 Å². The fraction of sp³-hybridized carbons (Fsp3) is 0.778. The Labute approximate surface area is 646 Å². The van der Waals surface area contributed by atoms with Gasteiger partial charge in [-0.1, -0.05) is 279 Å². The van der Waals surface area contributed by atoms with Gasteiger partial charge in [0, 0.05) is 108 Å². The van der Waals surface area contributed by atoms with E-state index in [1.807, 2.05) is 0 Å². The zero-order chi connectivity index (χ0) is 63.2. The molecule has 13 rings (SSSR count). The molecule has 10 saturated carbocycles. The van der Waals surface area contributed by atoms with Crippen LogP contribution in [0.1, 0.15) is 278 Å². The number of ether oxygens (including phenoxy) is 1. The van der Waals surface area contributed by atoms with Crippen LogP contribution in [0.5, 0.6) is 5.75 Å². The van der Waals surface area contributed by atoms with E-state index in [1.54, 1.807) is 23.0 Å². The van der Waals surface area contributed by atoms with Gasteiger partial charge in [0.25, 0.3) is 0 Å². The molecule has 7 unspecified atom stereocenters. The van der Waals surface area contributed by atoms with Crippen molar-refractivity contribution in [3.8, 4) is 5.75 Å². The van der Waals surface area contributed by atoms with Gasteiger partial charge in [0.1, 0.15) is 5.75 Å². The Morgan fingerprint density at radius 1 is 0.309 bits per heavy atom. The maximum atomic E-state index is 5.39. The summed E-state index contributed by atoms with van der Waals surface area (Å²) in [4.78, 5) is 8.21. The third kappa shape index (κ3) is 30.4. The molecule has 4 nitrogen and oxygen atoms in total. The molecule has 544 valence electrons. The summed E-state index contributed by atoms with van der Waals surface area (Å²) in [5.74, 6) is 3.67. The SMILES string of the molecule is BrC1CCCC1.C1CCCC1.C1CCCC1.C1CCCC1.COc1ccc(P(C2CCCC2)C2CCCC2[C@@H](C)N(C)C)cc1.C[C@H](C1CCCC1[P@@](c1ccccc1)C1CCCC1)N(C)C.C[C@H](C1CCCC1[P@@](c1ccccc1)C1CCCC1)N(C)C.[Fe].[Fe].[Fe].[Fe].[Fe]. The first kappa shape index (κ1) is 91.8. The van der Waals surface area contributed by atoms with Crippen LogP contribution in [0.3, 0.4) is 0 Å². The number of rotatable bonds is 16. The minimum Gasteiger partial charge on any atom is -0.497 e. The third-order valence-corrected chi connectivity index (χ3v) is 35.2. The predicted molar refractivity (Wildman–Crippen MR) is 406 cm³/mol. The first-order valence-electron chi connectivity index (χ1n) is 38.1. The molecule has 0 aliphatic heterocycles. The van der Waals surface area contributed by atoms with Crippen LogP contribution in [-0.4, -0.2) is 121 Å². The Kier molecular flexibility index (Phi) is 51.4. The normalized spacial score (nSPS) is 26.1. The van der Waals surface area contributed by atoms with Gasteiger partial charge in [-0.2, -0.15) is 0 Å². The monoisotopic (exact) mass is 1620 g/mol. The summed E-state index contributed by atoms with van der Waals surface area (Å²) < 4.78 is 5.39. The standard InChI is InChI=1S/C21H34NOP.2C20H32NP.C5H9Br.3C5H10.5Fe/c1-16(22(2)3)20-10-7-11-21(20)24(18-8-5-6-9-18)19-14-12-17(23-4)13-15-19;2*1-16(21(2)3)19-14-9-15-20(19)22(18-12-7-8-13-18)17-10-5-4-6-11-17;6-5-3-1-2-4-5;3*1-2-4-5-3-1;;;;;/h12-16,18,20-21H,5-11H2,1-4H3;2*4-6,10-11,16,18-20H,7-9,12-15H2,1-3H3;5H,1-4H2;3*1-5H2;;;;;/t16-,20?,21?,24?;2*16-,19?,20?,22+;;;;;;;;;/m111........./s1. The van der Waals surface area contributed by atoms with Gasteiger partial charge >= 0.3 is 0 Å². The Balaban J connectivity index is 0.000000404. The Hall–Kier alpha value is 1.71. The van der Waals surface area contributed by atoms with Crippen molar-refractivity contribution in [2.24, 2.45) is 17.8 Å². The first-order valence-corrected chi connectivity index (χ1v) is 43.5. The maximum absolute atomic E-state index is 5.39. The van der Waals surface area contributed by atoms with E-state index in [9.17, 15) is 0 Å². The van der Waals surface area contributed by atoms with Crippen LogP contribution in [0, 0.1) is 17.8 Å². The molecule has 12 atom stereocenters. The molecular formula is C81H137BrFe5N3OP3. The molecule has 0 N–H and O–H groups in total. The average molecular weight is 1620 g/mol. The fourth-order valence-corrected chi connectivity index (χ4v) is 30.6. The van der Waals surface area contributed by atoms with Crippen LogP contribution in [0.15, 0.2) is 84.9 Å². The fourth-order valence-electron chi connectivity index (χ4n) is 17.8. The second-order valence-corrected chi connectivity index (χ2v) is 39.7. The number of nitrogens with zero attached hydrogens (tertiary/aromatic N) is 3. The predicted octanol–water partition coefficient (Wildman–Crippen LogP) is 22.7. The molecule has 3 aromatic carbocycles. The molecular weight excluding hydrogens is 1480 g/mol. The molecule has 0 spiro atoms. The Morgan fingerprint density at radius 3 is 0.755 bits per heavy atom. The molecule has 10 fully saturated rings. The van der Waals surface area contributed by atoms with Crippen molar-refractivity contribution in [2.45, 2.75) is 335 Å². The van der Waals surface area contributed by atoms with E-state index < -0.39 is 0 Å². The van der Waals surface area contributed by atoms with Gasteiger partial charge in [0.2, 0.25) is 0 Å². The number of hydrogen-bond acceptors (Lipinski definition) is 4. The quantitative estimate of drug-likeness (QED) is 0.0808. The summed E-state index contributed by atoms with van der Waals surface area (Å²) in [6, 6.07) is 34.4. The van der Waals surface area contributed by atoms with E-state index in [1.165, 1.54) is 257 Å². The number of benzene rings is 3. The van der Waals surface area contributed by atoms with Gasteiger partial charge in [0.15, 0.2) is 0 Å². The molecule has 10 aliphatic carbocycles. The van der Waals surface area contributed by atoms with E-state index in [4.69, 9.17) is 4.74 Å². The van der Waals surface area contributed by atoms with Gasteiger partial charge in [-0.15, -0.1) is 0 Å². The Bertz CT molecular complexity index is 2110. The van der Waals surface area contributed by atoms with Crippen molar-refractivity contribution >= 4 is 55.6 Å². The molecule has 94 heavy (non-hydrogen) atoms. The summed E-state index contributed by atoms with van der Waals surface area (Å²) in [6.45, 7) is 7.35. The Morgan fingerprint density at radius 2 is 0.543 bits per heavy atom. The number of methoxy groups -OCH3 is 1. The van der Waals surface area contributed by atoms with Crippen LogP contribution in [-0.2, 0) is 85.3 Å². The summed E-state index contributed by atoms with van der Waals surface area (Å²) in [7, 11) is 15.3. The van der Waals surface area contributed by atoms with Gasteiger partial charge in [-0.25, -0.2) is 0 Å². The van der Waals surface area contributed by atoms with Crippen LogP contribution in [0.25, 0.3) is 0 Å². The first-order chi connectivity index (χ1) is 43.4. The van der Waals surface area contributed by atoms with E-state index >= 15 is 0 Å². The van der Waals surface area contributed by atoms with Gasteiger partial charge < -0.3 is 19.4 Å². The number of halogens is 1. The molecule has 0 bridgehead atoms. The van der Waals surface area contributed by atoms with Crippen LogP contribution in [0.2, 0.25) is 0 Å². The minimum atomic E-state index is -0.0542. The molecule has 3 aromatic rings.